The van der Waals surface area contributed by atoms with Gasteiger partial charge in [0.15, 0.2) is 0 Å². The zero-order valence-electron chi connectivity index (χ0n) is 5.36. The number of hydrogen-bond acceptors (Lipinski definition) is 0. The van der Waals surface area contributed by atoms with Crippen LogP contribution >= 0.6 is 22.6 Å². The van der Waals surface area contributed by atoms with Gasteiger partial charge in [0, 0.05) is 3.92 Å². The van der Waals surface area contributed by atoms with Gasteiger partial charge in [-0.1, -0.05) is 40.2 Å². The average molecular weight is 238 g/mol. The van der Waals surface area contributed by atoms with Crippen molar-refractivity contribution in [2.45, 2.75) is 34.4 Å². The topological polar surface area (TPSA) is 0 Å². The first-order chi connectivity index (χ1) is 3.79. The molecule has 0 aromatic carbocycles. The van der Waals surface area contributed by atoms with Crippen LogP contribution in [0.3, 0.4) is 0 Å². The zero-order valence-corrected chi connectivity index (χ0v) is 9.52. The van der Waals surface area contributed by atoms with Gasteiger partial charge < -0.3 is 0 Å². The van der Waals surface area contributed by atoms with E-state index in [-0.39, 0.29) is 0 Å². The van der Waals surface area contributed by atoms with E-state index in [4.69, 9.17) is 0 Å². The van der Waals surface area contributed by atoms with Crippen molar-refractivity contribution < 1.29 is 0 Å². The van der Waals surface area contributed by atoms with Gasteiger partial charge in [-0.05, 0) is 12.8 Å². The lowest BCUT2D eigenvalue weighted by Gasteiger charge is -2.21. The van der Waals surface area contributed by atoms with E-state index in [1.165, 1.54) is 42.0 Å². The third kappa shape index (κ3) is 2.25. The predicted octanol–water partition coefficient (Wildman–Crippen LogP) is 1.79. The van der Waals surface area contributed by atoms with E-state index in [2.05, 4.69) is 22.6 Å². The van der Waals surface area contributed by atoms with Gasteiger partial charge in [-0.15, -0.1) is 0 Å². The van der Waals surface area contributed by atoms with Gasteiger partial charge in [-0.25, -0.2) is 0 Å². The SMILES string of the molecule is [AlH2][CH]1CCC(I)CC1. The van der Waals surface area contributed by atoms with E-state index >= 15 is 0 Å². The Morgan fingerprint density at radius 3 is 2.00 bits per heavy atom. The molecule has 0 aromatic heterocycles. The molecule has 0 heterocycles. The van der Waals surface area contributed by atoms with Crippen LogP contribution in [-0.2, 0) is 0 Å². The van der Waals surface area contributed by atoms with Crippen molar-refractivity contribution in [3.63, 3.8) is 0 Å². The Kier molecular flexibility index (Phi) is 3.17. The summed E-state index contributed by atoms with van der Waals surface area (Å²) >= 11 is 4.02. The molecule has 1 aliphatic rings. The molecule has 0 N–H and O–H groups in total. The lowest BCUT2D eigenvalue weighted by Crippen LogP contribution is -2.09. The molecule has 0 amide bonds. The molecule has 0 aromatic rings. The van der Waals surface area contributed by atoms with E-state index in [9.17, 15) is 0 Å². The van der Waals surface area contributed by atoms with E-state index in [0.29, 0.717) is 0 Å². The second-order valence-electron chi connectivity index (χ2n) is 2.86. The molecule has 1 aliphatic carbocycles. The molecule has 1 saturated carbocycles. The highest BCUT2D eigenvalue weighted by Crippen LogP contribution is 2.30. The minimum absolute atomic E-state index is 1.01. The van der Waals surface area contributed by atoms with E-state index in [0.717, 1.165) is 8.70 Å². The first-order valence-electron chi connectivity index (χ1n) is 3.43. The molecule has 46 valence electrons. The maximum absolute atomic E-state index is 2.58. The van der Waals surface area contributed by atoms with Crippen molar-refractivity contribution in [3.05, 3.63) is 0 Å². The third-order valence-electron chi connectivity index (χ3n) is 1.95. The van der Waals surface area contributed by atoms with Crippen LogP contribution in [0.25, 0.3) is 0 Å². The van der Waals surface area contributed by atoms with Crippen LogP contribution in [0.4, 0.5) is 0 Å². The van der Waals surface area contributed by atoms with E-state index < -0.39 is 0 Å². The minimum atomic E-state index is 1.01. The summed E-state index contributed by atoms with van der Waals surface area (Å²) in [5.41, 5.74) is 0. The highest BCUT2D eigenvalue weighted by Gasteiger charge is 2.14. The Labute approximate surface area is 73.0 Å². The Balaban J connectivity index is 2.19. The van der Waals surface area contributed by atoms with Crippen molar-refractivity contribution in [1.29, 1.82) is 0 Å². The fraction of sp³-hybridized carbons (Fsp3) is 1.00. The molecule has 0 aliphatic heterocycles. The number of alkyl halides is 1. The monoisotopic (exact) mass is 238 g/mol. The highest BCUT2D eigenvalue weighted by molar-refractivity contribution is 14.1. The van der Waals surface area contributed by atoms with E-state index in [1.54, 1.807) is 0 Å². The molecule has 8 heavy (non-hydrogen) atoms. The smallest absolute Gasteiger partial charge is 0.0901 e. The van der Waals surface area contributed by atoms with Crippen molar-refractivity contribution in [1.82, 2.24) is 0 Å². The van der Waals surface area contributed by atoms with Crippen LogP contribution in [0.1, 0.15) is 25.7 Å². The molecule has 1 rings (SSSR count). The van der Waals surface area contributed by atoms with Gasteiger partial charge in [-0.2, -0.15) is 0 Å². The van der Waals surface area contributed by atoms with Crippen molar-refractivity contribution >= 4 is 38.9 Å². The molecule has 0 radical (unpaired) electrons. The quantitative estimate of drug-likeness (QED) is 0.343. The summed E-state index contributed by atoms with van der Waals surface area (Å²) in [6.45, 7) is 0. The van der Waals surface area contributed by atoms with Crippen molar-refractivity contribution in [2.75, 3.05) is 0 Å². The molecule has 0 spiro atoms. The maximum atomic E-state index is 2.58. The van der Waals surface area contributed by atoms with Gasteiger partial charge >= 0.3 is 0 Å². The predicted molar refractivity (Wildman–Crippen MR) is 48.6 cm³/mol. The fourth-order valence-electron chi connectivity index (χ4n) is 1.22. The van der Waals surface area contributed by atoms with Gasteiger partial charge in [-0.3, -0.25) is 0 Å². The summed E-state index contributed by atoms with van der Waals surface area (Å²) in [5, 5.41) is 0. The normalized spacial score (nSPS) is 39.6. The Hall–Kier alpha value is 1.26. The molecule has 2 heteroatoms. The van der Waals surface area contributed by atoms with Crippen LogP contribution in [0.2, 0.25) is 4.78 Å². The van der Waals surface area contributed by atoms with E-state index in [1.807, 2.05) is 0 Å². The lowest BCUT2D eigenvalue weighted by molar-refractivity contribution is 0.528. The van der Waals surface area contributed by atoms with Crippen LogP contribution in [0.5, 0.6) is 0 Å². The van der Waals surface area contributed by atoms with Crippen molar-refractivity contribution in [3.8, 4) is 0 Å². The molecule has 0 nitrogen and oxygen atoms in total. The number of hydrogen-bond donors (Lipinski definition) is 0. The zero-order chi connectivity index (χ0) is 5.98. The van der Waals surface area contributed by atoms with Gasteiger partial charge in [0.2, 0.25) is 16.3 Å². The molecule has 0 saturated heterocycles. The molecule has 1 fully saturated rings. The maximum Gasteiger partial charge on any atom is 0.216 e. The molecule has 0 unspecified atom stereocenters. The van der Waals surface area contributed by atoms with Crippen LogP contribution < -0.4 is 0 Å². The van der Waals surface area contributed by atoms with Crippen LogP contribution in [-0.4, -0.2) is 20.2 Å². The first-order valence-corrected chi connectivity index (χ1v) is 5.83. The van der Waals surface area contributed by atoms with Crippen LogP contribution in [0.15, 0.2) is 0 Å². The molecule has 0 atom stereocenters. The number of halogens is 1. The molecule has 0 bridgehead atoms. The second-order valence-corrected chi connectivity index (χ2v) is 6.25. The van der Waals surface area contributed by atoms with Gasteiger partial charge in [0.1, 0.15) is 0 Å². The van der Waals surface area contributed by atoms with Crippen LogP contribution in [0, 0.1) is 0 Å². The first kappa shape index (κ1) is 7.37. The summed E-state index contributed by atoms with van der Waals surface area (Å²) < 4.78 is 2.17. The Morgan fingerprint density at radius 2 is 1.62 bits per heavy atom. The average Bonchev–Trinajstić information content (AvgIpc) is 1.77. The Morgan fingerprint density at radius 1 is 1.12 bits per heavy atom. The second kappa shape index (κ2) is 3.44. The third-order valence-corrected chi connectivity index (χ3v) is 4.35. The van der Waals surface area contributed by atoms with Gasteiger partial charge in [0.05, 0.1) is 0 Å². The summed E-state index contributed by atoms with van der Waals surface area (Å²) in [4.78, 5) is 0. The lowest BCUT2D eigenvalue weighted by atomic mass is 10.0. The standard InChI is InChI=1S/C6H10I.Al.2H/c7-6-4-2-1-3-5-6;;;/h1,6H,2-5H2;;;. The summed E-state index contributed by atoms with van der Waals surface area (Å²) in [6, 6.07) is 0. The highest BCUT2D eigenvalue weighted by atomic mass is 127. The summed E-state index contributed by atoms with van der Waals surface area (Å²) in [7, 11) is 0. The summed E-state index contributed by atoms with van der Waals surface area (Å²) in [6.07, 6.45) is 6.04. The largest absolute Gasteiger partial charge is 0.216 e. The summed E-state index contributed by atoms with van der Waals surface area (Å²) in [5.74, 6) is 0. The fourth-order valence-corrected chi connectivity index (χ4v) is 2.61. The van der Waals surface area contributed by atoms with Gasteiger partial charge in [0.25, 0.3) is 0 Å². The minimum Gasteiger partial charge on any atom is -0.0901 e. The van der Waals surface area contributed by atoms with Crippen molar-refractivity contribution in [2.24, 2.45) is 0 Å². The molecular formula is C6H12AlI. The Bertz CT molecular complexity index is 56.9. The number of rotatable bonds is 0. The molecular weight excluding hydrogens is 226 g/mol.